The van der Waals surface area contributed by atoms with E-state index in [4.69, 9.17) is 14.2 Å². The molecule has 0 aliphatic carbocycles. The molecule has 6 nitrogen and oxygen atoms in total. The van der Waals surface area contributed by atoms with Crippen LogP contribution >= 0.6 is 0 Å². The molecule has 0 aromatic heterocycles. The van der Waals surface area contributed by atoms with Gasteiger partial charge in [0.15, 0.2) is 18.1 Å². The van der Waals surface area contributed by atoms with Crippen molar-refractivity contribution in [3.63, 3.8) is 0 Å². The Hall–Kier alpha value is -4.06. The molecule has 1 amide bonds. The van der Waals surface area contributed by atoms with Crippen molar-refractivity contribution in [3.8, 4) is 22.6 Å². The molecule has 0 fully saturated rings. The minimum atomic E-state index is -0.642. The zero-order valence-corrected chi connectivity index (χ0v) is 17.3. The van der Waals surface area contributed by atoms with Crippen LogP contribution in [0.4, 0.5) is 5.69 Å². The van der Waals surface area contributed by atoms with Crippen LogP contribution in [0.2, 0.25) is 0 Å². The Morgan fingerprint density at radius 3 is 2.35 bits per heavy atom. The van der Waals surface area contributed by atoms with Crippen molar-refractivity contribution in [2.75, 3.05) is 26.1 Å². The molecule has 0 radical (unpaired) electrons. The number of anilines is 1. The monoisotopic (exact) mass is 417 g/mol. The fourth-order valence-corrected chi connectivity index (χ4v) is 3.03. The first kappa shape index (κ1) is 21.6. The van der Waals surface area contributed by atoms with Gasteiger partial charge in [0.2, 0.25) is 0 Å². The first-order chi connectivity index (χ1) is 15.1. The topological polar surface area (TPSA) is 73.9 Å². The third-order valence-corrected chi connectivity index (χ3v) is 4.46. The third-order valence-electron chi connectivity index (χ3n) is 4.46. The highest BCUT2D eigenvalue weighted by Crippen LogP contribution is 2.31. The Kier molecular flexibility index (Phi) is 7.43. The molecule has 3 aromatic rings. The normalized spacial score (nSPS) is 10.5. The Morgan fingerprint density at radius 1 is 0.871 bits per heavy atom. The number of nitrogens with one attached hydrogen (secondary N) is 1. The second-order valence-corrected chi connectivity index (χ2v) is 6.48. The SMILES string of the molecule is COc1cccc(C=CC(=O)OCC(=O)Nc2ccccc2-c2ccccc2)c1OC. The fraction of sp³-hybridized carbons (Fsp3) is 0.120. The van der Waals surface area contributed by atoms with Crippen molar-refractivity contribution >= 4 is 23.6 Å². The van der Waals surface area contributed by atoms with Crippen molar-refractivity contribution in [1.82, 2.24) is 0 Å². The summed E-state index contributed by atoms with van der Waals surface area (Å²) in [4.78, 5) is 24.4. The van der Waals surface area contributed by atoms with Crippen molar-refractivity contribution in [1.29, 1.82) is 0 Å². The number of benzene rings is 3. The number of methoxy groups -OCH3 is 2. The van der Waals surface area contributed by atoms with Gasteiger partial charge >= 0.3 is 5.97 Å². The van der Waals surface area contributed by atoms with Gasteiger partial charge in [-0.15, -0.1) is 0 Å². The number of ether oxygens (including phenoxy) is 3. The van der Waals surface area contributed by atoms with Crippen molar-refractivity contribution in [2.45, 2.75) is 0 Å². The molecule has 158 valence electrons. The molecule has 0 heterocycles. The number of carbonyl (C=O) groups is 2. The molecule has 0 aliphatic heterocycles. The Labute approximate surface area is 181 Å². The first-order valence-electron chi connectivity index (χ1n) is 9.62. The molecule has 3 rings (SSSR count). The van der Waals surface area contributed by atoms with Gasteiger partial charge in [-0.25, -0.2) is 4.79 Å². The predicted octanol–water partition coefficient (Wildman–Crippen LogP) is 4.57. The van der Waals surface area contributed by atoms with E-state index in [0.29, 0.717) is 22.7 Å². The summed E-state index contributed by atoms with van der Waals surface area (Å²) in [5, 5.41) is 2.79. The molecule has 0 bridgehead atoms. The van der Waals surface area contributed by atoms with Gasteiger partial charge in [-0.05, 0) is 23.8 Å². The van der Waals surface area contributed by atoms with Crippen LogP contribution in [-0.4, -0.2) is 32.7 Å². The lowest BCUT2D eigenvalue weighted by Crippen LogP contribution is -2.20. The number of esters is 1. The van der Waals surface area contributed by atoms with Gasteiger partial charge in [0.05, 0.1) is 14.2 Å². The summed E-state index contributed by atoms with van der Waals surface area (Å²) in [6, 6.07) is 22.5. The lowest BCUT2D eigenvalue weighted by molar-refractivity contribution is -0.142. The van der Waals surface area contributed by atoms with Gasteiger partial charge in [-0.3, -0.25) is 4.79 Å². The zero-order chi connectivity index (χ0) is 22.1. The van der Waals surface area contributed by atoms with E-state index >= 15 is 0 Å². The summed E-state index contributed by atoms with van der Waals surface area (Å²) in [7, 11) is 3.05. The standard InChI is InChI=1S/C25H23NO5/c1-29-22-14-8-11-19(25(22)30-2)15-16-24(28)31-17-23(27)26-21-13-7-6-12-20(21)18-9-4-3-5-10-18/h3-16H,17H2,1-2H3,(H,26,27). The van der Waals surface area contributed by atoms with Crippen LogP contribution in [0.15, 0.2) is 78.9 Å². The average molecular weight is 417 g/mol. The Bertz CT molecular complexity index is 1080. The van der Waals surface area contributed by atoms with Gasteiger partial charge in [0.1, 0.15) is 0 Å². The van der Waals surface area contributed by atoms with Gasteiger partial charge < -0.3 is 19.5 Å². The van der Waals surface area contributed by atoms with E-state index in [1.807, 2.05) is 48.5 Å². The highest BCUT2D eigenvalue weighted by atomic mass is 16.5. The quantitative estimate of drug-likeness (QED) is 0.429. The Morgan fingerprint density at radius 2 is 1.61 bits per heavy atom. The minimum absolute atomic E-state index is 0.401. The van der Waals surface area contributed by atoms with Gasteiger partial charge in [-0.1, -0.05) is 60.7 Å². The fourth-order valence-electron chi connectivity index (χ4n) is 3.03. The molecule has 0 atom stereocenters. The largest absolute Gasteiger partial charge is 0.493 e. The van der Waals surface area contributed by atoms with E-state index in [1.54, 1.807) is 30.3 Å². The molecule has 0 spiro atoms. The average Bonchev–Trinajstić information content (AvgIpc) is 2.82. The molecule has 0 saturated carbocycles. The predicted molar refractivity (Wildman–Crippen MR) is 120 cm³/mol. The molecule has 0 aliphatic rings. The zero-order valence-electron chi connectivity index (χ0n) is 17.3. The molecule has 0 saturated heterocycles. The number of carbonyl (C=O) groups excluding carboxylic acids is 2. The molecular formula is C25H23NO5. The number of hydrogen-bond acceptors (Lipinski definition) is 5. The second-order valence-electron chi connectivity index (χ2n) is 6.48. The van der Waals surface area contributed by atoms with Crippen LogP contribution in [0.3, 0.4) is 0 Å². The molecule has 1 N–H and O–H groups in total. The highest BCUT2D eigenvalue weighted by molar-refractivity contribution is 5.97. The van der Waals surface area contributed by atoms with Crippen LogP contribution in [0.5, 0.6) is 11.5 Å². The highest BCUT2D eigenvalue weighted by Gasteiger charge is 2.11. The van der Waals surface area contributed by atoms with Crippen LogP contribution < -0.4 is 14.8 Å². The lowest BCUT2D eigenvalue weighted by atomic mass is 10.0. The van der Waals surface area contributed by atoms with E-state index in [0.717, 1.165) is 11.1 Å². The number of amides is 1. The summed E-state index contributed by atoms with van der Waals surface area (Å²) >= 11 is 0. The van der Waals surface area contributed by atoms with Crippen LogP contribution in [0, 0.1) is 0 Å². The van der Waals surface area contributed by atoms with Gasteiger partial charge in [0.25, 0.3) is 5.91 Å². The molecule has 0 unspecified atom stereocenters. The maximum absolute atomic E-state index is 12.3. The maximum atomic E-state index is 12.3. The van der Waals surface area contributed by atoms with Gasteiger partial charge in [0, 0.05) is 22.9 Å². The smallest absolute Gasteiger partial charge is 0.331 e. The van der Waals surface area contributed by atoms with Gasteiger partial charge in [-0.2, -0.15) is 0 Å². The van der Waals surface area contributed by atoms with Crippen LogP contribution in [-0.2, 0) is 14.3 Å². The second kappa shape index (κ2) is 10.6. The molecule has 31 heavy (non-hydrogen) atoms. The number of hydrogen-bond donors (Lipinski definition) is 1. The van der Waals surface area contributed by atoms with Crippen LogP contribution in [0.1, 0.15) is 5.56 Å². The first-order valence-corrected chi connectivity index (χ1v) is 9.62. The number of para-hydroxylation sites is 2. The van der Waals surface area contributed by atoms with Crippen molar-refractivity contribution in [2.24, 2.45) is 0 Å². The Balaban J connectivity index is 1.60. The molecule has 6 heteroatoms. The van der Waals surface area contributed by atoms with Crippen LogP contribution in [0.25, 0.3) is 17.2 Å². The van der Waals surface area contributed by atoms with Crippen molar-refractivity contribution in [3.05, 3.63) is 84.4 Å². The summed E-state index contributed by atoms with van der Waals surface area (Å²) in [5.41, 5.74) is 3.16. The van der Waals surface area contributed by atoms with E-state index in [9.17, 15) is 9.59 Å². The summed E-state index contributed by atoms with van der Waals surface area (Å²) in [5.74, 6) is -0.0146. The van der Waals surface area contributed by atoms with E-state index < -0.39 is 18.5 Å². The van der Waals surface area contributed by atoms with E-state index in [-0.39, 0.29) is 0 Å². The lowest BCUT2D eigenvalue weighted by Gasteiger charge is -2.11. The van der Waals surface area contributed by atoms with E-state index in [1.165, 1.54) is 20.3 Å². The number of rotatable bonds is 8. The molecule has 3 aromatic carbocycles. The maximum Gasteiger partial charge on any atom is 0.331 e. The summed E-state index contributed by atoms with van der Waals surface area (Å²) in [6.45, 7) is -0.401. The third kappa shape index (κ3) is 5.73. The summed E-state index contributed by atoms with van der Waals surface area (Å²) < 4.78 is 15.6. The van der Waals surface area contributed by atoms with Crippen molar-refractivity contribution < 1.29 is 23.8 Å². The van der Waals surface area contributed by atoms with E-state index in [2.05, 4.69) is 5.32 Å². The summed E-state index contributed by atoms with van der Waals surface area (Å²) in [6.07, 6.45) is 2.79. The minimum Gasteiger partial charge on any atom is -0.493 e. The molecular weight excluding hydrogens is 394 g/mol.